The van der Waals surface area contributed by atoms with Gasteiger partial charge < -0.3 is 10.3 Å². The Morgan fingerprint density at radius 2 is 2.33 bits per heavy atom. The summed E-state index contributed by atoms with van der Waals surface area (Å²) in [5.74, 6) is -0.221. The summed E-state index contributed by atoms with van der Waals surface area (Å²) in [6.07, 6.45) is 4.28. The van der Waals surface area contributed by atoms with Crippen LogP contribution in [0.25, 0.3) is 0 Å². The van der Waals surface area contributed by atoms with E-state index in [1.807, 2.05) is 6.07 Å². The Labute approximate surface area is 87.4 Å². The van der Waals surface area contributed by atoms with E-state index in [4.69, 9.17) is 0 Å². The quantitative estimate of drug-likeness (QED) is 0.803. The number of anilines is 1. The number of rotatable bonds is 4. The van der Waals surface area contributed by atoms with Crippen LogP contribution in [-0.2, 0) is 6.42 Å². The van der Waals surface area contributed by atoms with Gasteiger partial charge in [-0.15, -0.1) is 0 Å². The molecule has 0 saturated carbocycles. The minimum atomic E-state index is -0.221. The minimum Gasteiger partial charge on any atom is -0.385 e. The van der Waals surface area contributed by atoms with Crippen molar-refractivity contribution >= 4 is 5.69 Å². The molecule has 0 saturated heterocycles. The van der Waals surface area contributed by atoms with E-state index in [2.05, 4.69) is 15.3 Å². The molecule has 78 valence electrons. The highest BCUT2D eigenvalue weighted by Crippen LogP contribution is 2.08. The minimum absolute atomic E-state index is 0.221. The van der Waals surface area contributed by atoms with Gasteiger partial charge in [0.1, 0.15) is 5.82 Å². The fourth-order valence-corrected chi connectivity index (χ4v) is 1.36. The zero-order valence-corrected chi connectivity index (χ0v) is 8.20. The van der Waals surface area contributed by atoms with Gasteiger partial charge in [0.25, 0.3) is 0 Å². The highest BCUT2D eigenvalue weighted by atomic mass is 19.1. The molecule has 2 aromatic rings. The zero-order chi connectivity index (χ0) is 10.5. The van der Waals surface area contributed by atoms with Crippen LogP contribution >= 0.6 is 0 Å². The maximum atomic E-state index is 12.8. The second-order valence-corrected chi connectivity index (χ2v) is 3.26. The second kappa shape index (κ2) is 4.59. The third kappa shape index (κ3) is 2.80. The summed E-state index contributed by atoms with van der Waals surface area (Å²) >= 11 is 0. The fourth-order valence-electron chi connectivity index (χ4n) is 1.36. The molecule has 0 aliphatic heterocycles. The van der Waals surface area contributed by atoms with Crippen molar-refractivity contribution in [2.45, 2.75) is 6.42 Å². The number of aromatic nitrogens is 2. The van der Waals surface area contributed by atoms with Crippen LogP contribution in [0.15, 0.2) is 36.8 Å². The van der Waals surface area contributed by atoms with Crippen molar-refractivity contribution in [1.29, 1.82) is 0 Å². The smallest absolute Gasteiger partial charge is 0.125 e. The topological polar surface area (TPSA) is 40.7 Å². The SMILES string of the molecule is Fc1cccc(NCCc2cnc[nH]2)c1. The van der Waals surface area contributed by atoms with Crippen molar-refractivity contribution in [3.8, 4) is 0 Å². The van der Waals surface area contributed by atoms with Gasteiger partial charge in [-0.2, -0.15) is 0 Å². The van der Waals surface area contributed by atoms with Gasteiger partial charge in [-0.25, -0.2) is 9.37 Å². The van der Waals surface area contributed by atoms with Gasteiger partial charge in [0.05, 0.1) is 6.33 Å². The lowest BCUT2D eigenvalue weighted by Gasteiger charge is -2.04. The highest BCUT2D eigenvalue weighted by Gasteiger charge is 1.95. The molecule has 0 fully saturated rings. The highest BCUT2D eigenvalue weighted by molar-refractivity contribution is 5.42. The maximum Gasteiger partial charge on any atom is 0.125 e. The molecule has 1 aromatic heterocycles. The molecule has 0 aliphatic rings. The number of imidazole rings is 1. The Hall–Kier alpha value is -1.84. The molecule has 1 aromatic carbocycles. The number of hydrogen-bond donors (Lipinski definition) is 2. The summed E-state index contributed by atoms with van der Waals surface area (Å²) in [5, 5.41) is 3.14. The Balaban J connectivity index is 1.83. The first-order valence-corrected chi connectivity index (χ1v) is 4.81. The zero-order valence-electron chi connectivity index (χ0n) is 8.20. The average Bonchev–Trinajstić information content (AvgIpc) is 2.71. The van der Waals surface area contributed by atoms with Gasteiger partial charge >= 0.3 is 0 Å². The van der Waals surface area contributed by atoms with E-state index in [1.165, 1.54) is 12.1 Å². The predicted octanol–water partition coefficient (Wildman–Crippen LogP) is 2.20. The van der Waals surface area contributed by atoms with E-state index >= 15 is 0 Å². The van der Waals surface area contributed by atoms with Crippen molar-refractivity contribution < 1.29 is 4.39 Å². The van der Waals surface area contributed by atoms with Gasteiger partial charge in [0.2, 0.25) is 0 Å². The summed E-state index contributed by atoms with van der Waals surface area (Å²) in [4.78, 5) is 6.93. The third-order valence-electron chi connectivity index (χ3n) is 2.10. The lowest BCUT2D eigenvalue weighted by Crippen LogP contribution is -2.05. The Kier molecular flexibility index (Phi) is 2.97. The fraction of sp³-hybridized carbons (Fsp3) is 0.182. The second-order valence-electron chi connectivity index (χ2n) is 3.26. The number of H-pyrrole nitrogens is 1. The lowest BCUT2D eigenvalue weighted by molar-refractivity contribution is 0.628. The van der Waals surface area contributed by atoms with Crippen LogP contribution in [0.3, 0.4) is 0 Å². The Morgan fingerprint density at radius 1 is 1.40 bits per heavy atom. The summed E-state index contributed by atoms with van der Waals surface area (Å²) in [7, 11) is 0. The third-order valence-corrected chi connectivity index (χ3v) is 2.10. The van der Waals surface area contributed by atoms with E-state index < -0.39 is 0 Å². The maximum absolute atomic E-state index is 12.8. The van der Waals surface area contributed by atoms with Gasteiger partial charge in [0, 0.05) is 30.5 Å². The van der Waals surface area contributed by atoms with Crippen LogP contribution in [0.5, 0.6) is 0 Å². The van der Waals surface area contributed by atoms with Crippen LogP contribution in [0.4, 0.5) is 10.1 Å². The standard InChI is InChI=1S/C11H12FN3/c12-9-2-1-3-10(6-9)14-5-4-11-7-13-8-15-11/h1-3,6-8,14H,4-5H2,(H,13,15). The van der Waals surface area contributed by atoms with Crippen molar-refractivity contribution in [1.82, 2.24) is 9.97 Å². The number of halogens is 1. The average molecular weight is 205 g/mol. The van der Waals surface area contributed by atoms with Crippen LogP contribution in [-0.4, -0.2) is 16.5 Å². The molecule has 15 heavy (non-hydrogen) atoms. The summed E-state index contributed by atoms with van der Waals surface area (Å²) in [6, 6.07) is 6.44. The van der Waals surface area contributed by atoms with Crippen LogP contribution in [0, 0.1) is 5.82 Å². The van der Waals surface area contributed by atoms with Gasteiger partial charge in [-0.05, 0) is 18.2 Å². The summed E-state index contributed by atoms with van der Waals surface area (Å²) in [5.41, 5.74) is 1.87. The molecule has 0 atom stereocenters. The number of nitrogens with zero attached hydrogens (tertiary/aromatic N) is 1. The molecule has 0 unspecified atom stereocenters. The van der Waals surface area contributed by atoms with E-state index in [0.29, 0.717) is 0 Å². The Bertz CT molecular complexity index is 412. The summed E-state index contributed by atoms with van der Waals surface area (Å²) < 4.78 is 12.8. The first kappa shape index (κ1) is 9.71. The van der Waals surface area contributed by atoms with Gasteiger partial charge in [-0.3, -0.25) is 0 Å². The molecule has 0 aliphatic carbocycles. The first-order valence-electron chi connectivity index (χ1n) is 4.81. The molecular weight excluding hydrogens is 193 g/mol. The van der Waals surface area contributed by atoms with Crippen molar-refractivity contribution in [2.75, 3.05) is 11.9 Å². The Morgan fingerprint density at radius 3 is 3.07 bits per heavy atom. The van der Waals surface area contributed by atoms with E-state index in [9.17, 15) is 4.39 Å². The van der Waals surface area contributed by atoms with Crippen LogP contribution in [0.1, 0.15) is 5.69 Å². The van der Waals surface area contributed by atoms with Crippen molar-refractivity contribution in [3.63, 3.8) is 0 Å². The molecule has 0 radical (unpaired) electrons. The molecule has 2 N–H and O–H groups in total. The van der Waals surface area contributed by atoms with E-state index in [0.717, 1.165) is 24.3 Å². The normalized spacial score (nSPS) is 10.2. The largest absolute Gasteiger partial charge is 0.385 e. The van der Waals surface area contributed by atoms with E-state index in [-0.39, 0.29) is 5.82 Å². The number of aromatic amines is 1. The van der Waals surface area contributed by atoms with Crippen LogP contribution in [0.2, 0.25) is 0 Å². The molecule has 4 heteroatoms. The molecule has 0 spiro atoms. The molecule has 0 amide bonds. The number of hydrogen-bond acceptors (Lipinski definition) is 2. The lowest BCUT2D eigenvalue weighted by atomic mass is 10.3. The monoisotopic (exact) mass is 205 g/mol. The van der Waals surface area contributed by atoms with Gasteiger partial charge in [0.15, 0.2) is 0 Å². The number of nitrogens with one attached hydrogen (secondary N) is 2. The molecular formula is C11H12FN3. The van der Waals surface area contributed by atoms with Gasteiger partial charge in [-0.1, -0.05) is 6.07 Å². The molecule has 3 nitrogen and oxygen atoms in total. The van der Waals surface area contributed by atoms with Crippen LogP contribution < -0.4 is 5.32 Å². The predicted molar refractivity (Wildman–Crippen MR) is 57.2 cm³/mol. The molecule has 2 rings (SSSR count). The number of benzene rings is 1. The molecule has 1 heterocycles. The van der Waals surface area contributed by atoms with Crippen molar-refractivity contribution in [2.24, 2.45) is 0 Å². The summed E-state index contributed by atoms with van der Waals surface area (Å²) in [6.45, 7) is 0.756. The van der Waals surface area contributed by atoms with E-state index in [1.54, 1.807) is 18.6 Å². The molecule has 0 bridgehead atoms. The first-order chi connectivity index (χ1) is 7.34. The van der Waals surface area contributed by atoms with Crippen molar-refractivity contribution in [3.05, 3.63) is 48.3 Å².